The molecule has 0 aliphatic rings. The summed E-state index contributed by atoms with van der Waals surface area (Å²) in [6.45, 7) is 9.99. The van der Waals surface area contributed by atoms with E-state index in [2.05, 4.69) is 13.8 Å². The van der Waals surface area contributed by atoms with Gasteiger partial charge >= 0.3 is 0 Å². The number of likely N-dealkylation sites (N-methyl/N-ethyl adjacent to an activating group) is 1. The number of nitrogens with zero attached hydrogens (tertiary/aromatic N) is 2. The number of fused-ring (bicyclic) bond motifs is 1. The van der Waals surface area contributed by atoms with Crippen molar-refractivity contribution in [1.29, 1.82) is 0 Å². The summed E-state index contributed by atoms with van der Waals surface area (Å²) in [6.07, 6.45) is 0. The number of rotatable bonds is 8. The van der Waals surface area contributed by atoms with Crippen LogP contribution in [0.5, 0.6) is 5.75 Å². The molecular formula is C22H28N3O2S+. The van der Waals surface area contributed by atoms with E-state index in [1.165, 1.54) is 4.90 Å². The molecule has 1 aromatic heterocycles. The van der Waals surface area contributed by atoms with Crippen LogP contribution in [0.3, 0.4) is 0 Å². The lowest BCUT2D eigenvalue weighted by molar-refractivity contribution is -0.894. The van der Waals surface area contributed by atoms with E-state index in [9.17, 15) is 4.79 Å². The molecule has 0 aliphatic heterocycles. The Bertz CT molecular complexity index is 933. The molecule has 2 aromatic carbocycles. The molecule has 0 bridgehead atoms. The van der Waals surface area contributed by atoms with E-state index in [0.717, 1.165) is 46.3 Å². The molecular weight excluding hydrogens is 370 g/mol. The number of aromatic nitrogens is 1. The van der Waals surface area contributed by atoms with Crippen molar-refractivity contribution in [3.05, 3.63) is 53.6 Å². The Morgan fingerprint density at radius 3 is 2.50 bits per heavy atom. The van der Waals surface area contributed by atoms with Crippen molar-refractivity contribution in [1.82, 2.24) is 4.98 Å². The molecule has 0 unspecified atom stereocenters. The molecule has 0 radical (unpaired) electrons. The molecule has 28 heavy (non-hydrogen) atoms. The fourth-order valence-corrected chi connectivity index (χ4v) is 4.12. The molecule has 3 aromatic rings. The number of anilines is 1. The smallest absolute Gasteiger partial charge is 0.260 e. The van der Waals surface area contributed by atoms with E-state index in [0.29, 0.717) is 12.1 Å². The van der Waals surface area contributed by atoms with Crippen LogP contribution in [0, 0.1) is 6.92 Å². The van der Waals surface area contributed by atoms with E-state index >= 15 is 0 Å². The fourth-order valence-electron chi connectivity index (χ4n) is 3.15. The summed E-state index contributed by atoms with van der Waals surface area (Å²) in [7, 11) is 1.65. The summed E-state index contributed by atoms with van der Waals surface area (Å²) < 4.78 is 6.36. The zero-order valence-corrected chi connectivity index (χ0v) is 17.8. The third kappa shape index (κ3) is 4.51. The molecule has 0 saturated carbocycles. The van der Waals surface area contributed by atoms with E-state index in [4.69, 9.17) is 9.72 Å². The SMILES string of the molecule is CC[NH+](CC)CCN(C(=O)c1ccc(C)cc1)c1nc2cc(OC)ccc2s1. The summed E-state index contributed by atoms with van der Waals surface area (Å²) in [5, 5.41) is 0.736. The number of nitrogens with one attached hydrogen (secondary N) is 1. The predicted molar refractivity (Wildman–Crippen MR) is 116 cm³/mol. The molecule has 0 saturated heterocycles. The van der Waals surface area contributed by atoms with Gasteiger partial charge in [-0.1, -0.05) is 29.0 Å². The number of hydrogen-bond acceptors (Lipinski definition) is 4. The van der Waals surface area contributed by atoms with Gasteiger partial charge in [-0.3, -0.25) is 9.69 Å². The summed E-state index contributed by atoms with van der Waals surface area (Å²) in [5.41, 5.74) is 2.69. The van der Waals surface area contributed by atoms with Gasteiger partial charge in [0.1, 0.15) is 5.75 Å². The van der Waals surface area contributed by atoms with Gasteiger partial charge in [-0.25, -0.2) is 4.98 Å². The Kier molecular flexibility index (Phi) is 6.65. The van der Waals surface area contributed by atoms with Crippen LogP contribution < -0.4 is 14.5 Å². The first kappa shape index (κ1) is 20.3. The average Bonchev–Trinajstić information content (AvgIpc) is 3.14. The molecule has 6 heteroatoms. The van der Waals surface area contributed by atoms with Crippen LogP contribution in [-0.2, 0) is 0 Å². The monoisotopic (exact) mass is 398 g/mol. The number of methoxy groups -OCH3 is 1. The lowest BCUT2D eigenvalue weighted by Crippen LogP contribution is -3.12. The summed E-state index contributed by atoms with van der Waals surface area (Å²) in [5.74, 6) is 0.769. The number of hydrogen-bond donors (Lipinski definition) is 1. The van der Waals surface area contributed by atoms with Crippen LogP contribution in [0.2, 0.25) is 0 Å². The van der Waals surface area contributed by atoms with Gasteiger partial charge in [0.15, 0.2) is 5.13 Å². The highest BCUT2D eigenvalue weighted by Gasteiger charge is 2.23. The first-order valence-electron chi connectivity index (χ1n) is 9.72. The lowest BCUT2D eigenvalue weighted by Gasteiger charge is -2.23. The van der Waals surface area contributed by atoms with Gasteiger partial charge < -0.3 is 9.64 Å². The van der Waals surface area contributed by atoms with Gasteiger partial charge in [0.25, 0.3) is 5.91 Å². The molecule has 0 spiro atoms. The minimum Gasteiger partial charge on any atom is -0.497 e. The van der Waals surface area contributed by atoms with E-state index in [-0.39, 0.29) is 5.91 Å². The number of quaternary nitrogens is 1. The molecule has 1 heterocycles. The van der Waals surface area contributed by atoms with Crippen LogP contribution in [0.1, 0.15) is 29.8 Å². The summed E-state index contributed by atoms with van der Waals surface area (Å²) in [4.78, 5) is 21.3. The minimum atomic E-state index is -0.00224. The standard InChI is InChI=1S/C22H27N3O2S/c1-5-24(6-2)13-14-25(21(26)17-9-7-16(3)8-10-17)22-23-19-15-18(27-4)11-12-20(19)28-22/h7-12,15H,5-6,13-14H2,1-4H3/p+1. The van der Waals surface area contributed by atoms with Crippen molar-refractivity contribution in [2.45, 2.75) is 20.8 Å². The van der Waals surface area contributed by atoms with Gasteiger partial charge in [0, 0.05) is 11.6 Å². The molecule has 1 amide bonds. The summed E-state index contributed by atoms with van der Waals surface area (Å²) in [6, 6.07) is 13.6. The molecule has 1 N–H and O–H groups in total. The Hall–Kier alpha value is -2.44. The summed E-state index contributed by atoms with van der Waals surface area (Å²) >= 11 is 1.55. The van der Waals surface area contributed by atoms with Crippen molar-refractivity contribution in [2.24, 2.45) is 0 Å². The molecule has 5 nitrogen and oxygen atoms in total. The normalized spacial score (nSPS) is 11.2. The fraction of sp³-hybridized carbons (Fsp3) is 0.364. The van der Waals surface area contributed by atoms with E-state index < -0.39 is 0 Å². The zero-order chi connectivity index (χ0) is 20.1. The Labute approximate surface area is 170 Å². The highest BCUT2D eigenvalue weighted by atomic mass is 32.1. The number of benzene rings is 2. The third-order valence-electron chi connectivity index (χ3n) is 5.05. The molecule has 0 atom stereocenters. The van der Waals surface area contributed by atoms with E-state index in [1.807, 2.05) is 54.3 Å². The van der Waals surface area contributed by atoms with Gasteiger partial charge in [-0.05, 0) is 45.0 Å². The van der Waals surface area contributed by atoms with Crippen molar-refractivity contribution in [3.63, 3.8) is 0 Å². The third-order valence-corrected chi connectivity index (χ3v) is 6.11. The van der Waals surface area contributed by atoms with Crippen molar-refractivity contribution in [3.8, 4) is 5.75 Å². The Morgan fingerprint density at radius 2 is 1.86 bits per heavy atom. The van der Waals surface area contributed by atoms with Crippen LogP contribution in [0.4, 0.5) is 5.13 Å². The zero-order valence-electron chi connectivity index (χ0n) is 17.0. The van der Waals surface area contributed by atoms with Gasteiger partial charge in [0.2, 0.25) is 0 Å². The topological polar surface area (TPSA) is 46.9 Å². The van der Waals surface area contributed by atoms with Crippen LogP contribution in [-0.4, -0.2) is 44.2 Å². The van der Waals surface area contributed by atoms with Crippen molar-refractivity contribution < 1.29 is 14.4 Å². The van der Waals surface area contributed by atoms with Gasteiger partial charge in [-0.2, -0.15) is 0 Å². The first-order chi connectivity index (χ1) is 13.5. The molecule has 0 fully saturated rings. The maximum absolute atomic E-state index is 13.3. The Balaban J connectivity index is 1.94. The predicted octanol–water partition coefficient (Wildman–Crippen LogP) is 3.18. The van der Waals surface area contributed by atoms with Crippen molar-refractivity contribution in [2.75, 3.05) is 38.2 Å². The number of aryl methyl sites for hydroxylation is 1. The quantitative estimate of drug-likeness (QED) is 0.634. The van der Waals surface area contributed by atoms with Gasteiger partial charge in [-0.15, -0.1) is 0 Å². The van der Waals surface area contributed by atoms with Crippen LogP contribution in [0.15, 0.2) is 42.5 Å². The minimum absolute atomic E-state index is 0.00224. The van der Waals surface area contributed by atoms with Gasteiger partial charge in [0.05, 0.1) is 43.5 Å². The largest absolute Gasteiger partial charge is 0.497 e. The lowest BCUT2D eigenvalue weighted by atomic mass is 10.1. The second kappa shape index (κ2) is 9.17. The first-order valence-corrected chi connectivity index (χ1v) is 10.5. The maximum Gasteiger partial charge on any atom is 0.260 e. The maximum atomic E-state index is 13.3. The highest BCUT2D eigenvalue weighted by Crippen LogP contribution is 2.31. The number of carbonyl (C=O) groups is 1. The van der Waals surface area contributed by atoms with Crippen LogP contribution >= 0.6 is 11.3 Å². The number of ether oxygens (including phenoxy) is 1. The number of amides is 1. The molecule has 148 valence electrons. The molecule has 3 rings (SSSR count). The highest BCUT2D eigenvalue weighted by molar-refractivity contribution is 7.22. The second-order valence-electron chi connectivity index (χ2n) is 6.86. The van der Waals surface area contributed by atoms with Crippen LogP contribution in [0.25, 0.3) is 10.2 Å². The molecule has 0 aliphatic carbocycles. The van der Waals surface area contributed by atoms with Crippen molar-refractivity contribution >= 4 is 32.6 Å². The average molecular weight is 399 g/mol. The number of thiazole rings is 1. The Morgan fingerprint density at radius 1 is 1.14 bits per heavy atom. The van der Waals surface area contributed by atoms with E-state index in [1.54, 1.807) is 18.4 Å². The second-order valence-corrected chi connectivity index (χ2v) is 7.87. The number of carbonyl (C=O) groups excluding carboxylic acids is 1.